The van der Waals surface area contributed by atoms with Gasteiger partial charge in [-0.3, -0.25) is 0 Å². The van der Waals surface area contributed by atoms with E-state index in [0.29, 0.717) is 5.56 Å². The first-order valence-corrected chi connectivity index (χ1v) is 6.58. The summed E-state index contributed by atoms with van der Waals surface area (Å²) in [4.78, 5) is 0. The van der Waals surface area contributed by atoms with E-state index in [1.54, 1.807) is 0 Å². The average molecular weight is 250 g/mol. The van der Waals surface area contributed by atoms with E-state index in [0.717, 1.165) is 17.7 Å². The highest BCUT2D eigenvalue weighted by atomic mass is 14.9. The Kier molecular flexibility index (Phi) is 4.20. The van der Waals surface area contributed by atoms with Crippen molar-refractivity contribution >= 4 is 5.69 Å². The molecule has 2 aromatic rings. The number of anilines is 1. The molecule has 19 heavy (non-hydrogen) atoms. The van der Waals surface area contributed by atoms with Gasteiger partial charge in [-0.25, -0.2) is 0 Å². The van der Waals surface area contributed by atoms with Crippen molar-refractivity contribution in [3.8, 4) is 6.07 Å². The first-order chi connectivity index (χ1) is 9.22. The van der Waals surface area contributed by atoms with Gasteiger partial charge in [-0.05, 0) is 48.7 Å². The van der Waals surface area contributed by atoms with E-state index < -0.39 is 0 Å². The van der Waals surface area contributed by atoms with E-state index in [-0.39, 0.29) is 6.04 Å². The number of benzene rings is 2. The lowest BCUT2D eigenvalue weighted by Gasteiger charge is -2.16. The highest BCUT2D eigenvalue weighted by molar-refractivity contribution is 5.48. The van der Waals surface area contributed by atoms with Gasteiger partial charge < -0.3 is 5.32 Å². The average Bonchev–Trinajstić information content (AvgIpc) is 2.47. The quantitative estimate of drug-likeness (QED) is 0.878. The highest BCUT2D eigenvalue weighted by Crippen LogP contribution is 2.20. The summed E-state index contributed by atoms with van der Waals surface area (Å²) in [6.45, 7) is 4.26. The minimum Gasteiger partial charge on any atom is -0.379 e. The Labute approximate surface area is 114 Å². The zero-order valence-corrected chi connectivity index (χ0v) is 11.4. The summed E-state index contributed by atoms with van der Waals surface area (Å²) in [7, 11) is 0. The number of rotatable bonds is 4. The highest BCUT2D eigenvalue weighted by Gasteiger charge is 2.06. The summed E-state index contributed by atoms with van der Waals surface area (Å²) in [6, 6.07) is 18.5. The molecule has 0 aromatic heterocycles. The van der Waals surface area contributed by atoms with Crippen LogP contribution in [0.25, 0.3) is 0 Å². The maximum absolute atomic E-state index is 8.93. The van der Waals surface area contributed by atoms with Gasteiger partial charge in [0, 0.05) is 11.7 Å². The largest absolute Gasteiger partial charge is 0.379 e. The van der Waals surface area contributed by atoms with E-state index in [1.165, 1.54) is 5.56 Å². The van der Waals surface area contributed by atoms with Crippen LogP contribution in [0.3, 0.4) is 0 Å². The Hall–Kier alpha value is -2.27. The van der Waals surface area contributed by atoms with Crippen molar-refractivity contribution in [2.75, 3.05) is 5.32 Å². The molecule has 0 aliphatic heterocycles. The summed E-state index contributed by atoms with van der Waals surface area (Å²) < 4.78 is 0. The van der Waals surface area contributed by atoms with Crippen molar-refractivity contribution in [3.05, 3.63) is 65.2 Å². The molecule has 1 atom stereocenters. The molecule has 0 saturated heterocycles. The van der Waals surface area contributed by atoms with Crippen molar-refractivity contribution in [1.82, 2.24) is 0 Å². The first-order valence-electron chi connectivity index (χ1n) is 6.58. The van der Waals surface area contributed by atoms with Crippen LogP contribution in [0.15, 0.2) is 48.5 Å². The van der Waals surface area contributed by atoms with Crippen LogP contribution >= 0.6 is 0 Å². The number of nitriles is 1. The summed E-state index contributed by atoms with van der Waals surface area (Å²) in [5.41, 5.74) is 4.27. The Balaban J connectivity index is 2.15. The molecule has 2 heteroatoms. The standard InChI is InChI=1S/C17H18N2/c1-3-14-6-5-9-17(11-14)19-13(2)16-8-4-7-15(10-16)12-18/h4-11,13,19H,3H2,1-2H3. The van der Waals surface area contributed by atoms with Gasteiger partial charge in [0.1, 0.15) is 0 Å². The van der Waals surface area contributed by atoms with Crippen molar-refractivity contribution in [3.63, 3.8) is 0 Å². The molecule has 0 saturated carbocycles. The van der Waals surface area contributed by atoms with Gasteiger partial charge in [0.05, 0.1) is 11.6 Å². The van der Waals surface area contributed by atoms with Crippen molar-refractivity contribution in [2.45, 2.75) is 26.3 Å². The molecule has 0 bridgehead atoms. The molecule has 1 unspecified atom stereocenters. The Morgan fingerprint density at radius 2 is 1.95 bits per heavy atom. The number of hydrogen-bond donors (Lipinski definition) is 1. The number of hydrogen-bond acceptors (Lipinski definition) is 2. The van der Waals surface area contributed by atoms with E-state index in [9.17, 15) is 0 Å². The van der Waals surface area contributed by atoms with Crippen LogP contribution in [0.5, 0.6) is 0 Å². The maximum Gasteiger partial charge on any atom is 0.0991 e. The minimum absolute atomic E-state index is 0.181. The van der Waals surface area contributed by atoms with Gasteiger partial charge >= 0.3 is 0 Å². The number of nitrogens with one attached hydrogen (secondary N) is 1. The molecule has 0 fully saturated rings. The third-order valence-corrected chi connectivity index (χ3v) is 3.23. The van der Waals surface area contributed by atoms with Crippen LogP contribution in [0.4, 0.5) is 5.69 Å². The van der Waals surface area contributed by atoms with Crippen LogP contribution < -0.4 is 5.32 Å². The maximum atomic E-state index is 8.93. The van der Waals surface area contributed by atoms with Crippen molar-refractivity contribution in [2.24, 2.45) is 0 Å². The fourth-order valence-electron chi connectivity index (χ4n) is 2.09. The van der Waals surface area contributed by atoms with Crippen LogP contribution in [-0.2, 0) is 6.42 Å². The molecule has 2 rings (SSSR count). The molecule has 2 nitrogen and oxygen atoms in total. The van der Waals surface area contributed by atoms with Crippen molar-refractivity contribution < 1.29 is 0 Å². The van der Waals surface area contributed by atoms with Crippen molar-refractivity contribution in [1.29, 1.82) is 5.26 Å². The summed E-state index contributed by atoms with van der Waals surface area (Å²) in [6.07, 6.45) is 1.04. The lowest BCUT2D eigenvalue weighted by Crippen LogP contribution is -2.06. The SMILES string of the molecule is CCc1cccc(NC(C)c2cccc(C#N)c2)c1. The second-order valence-electron chi connectivity index (χ2n) is 4.66. The lowest BCUT2D eigenvalue weighted by molar-refractivity contribution is 0.883. The predicted molar refractivity (Wildman–Crippen MR) is 79.0 cm³/mol. The van der Waals surface area contributed by atoms with Crippen LogP contribution in [0, 0.1) is 11.3 Å². The van der Waals surface area contributed by atoms with Gasteiger partial charge in [-0.15, -0.1) is 0 Å². The topological polar surface area (TPSA) is 35.8 Å². The second kappa shape index (κ2) is 6.06. The molecule has 96 valence electrons. The second-order valence-corrected chi connectivity index (χ2v) is 4.66. The zero-order valence-electron chi connectivity index (χ0n) is 11.4. The Morgan fingerprint density at radius 1 is 1.16 bits per heavy atom. The molecule has 2 aromatic carbocycles. The molecule has 0 aliphatic rings. The third-order valence-electron chi connectivity index (χ3n) is 3.23. The van der Waals surface area contributed by atoms with Gasteiger partial charge in [0.15, 0.2) is 0 Å². The predicted octanol–water partition coefficient (Wildman–Crippen LogP) is 4.29. The van der Waals surface area contributed by atoms with Gasteiger partial charge in [-0.1, -0.05) is 31.2 Å². The number of nitrogens with zero attached hydrogens (tertiary/aromatic N) is 1. The van der Waals surface area contributed by atoms with Gasteiger partial charge in [0.25, 0.3) is 0 Å². The van der Waals surface area contributed by atoms with Gasteiger partial charge in [-0.2, -0.15) is 5.26 Å². The molecule has 0 radical (unpaired) electrons. The summed E-state index contributed by atoms with van der Waals surface area (Å²) in [5.74, 6) is 0. The summed E-state index contributed by atoms with van der Waals surface area (Å²) in [5, 5.41) is 12.4. The van der Waals surface area contributed by atoms with Crippen LogP contribution in [-0.4, -0.2) is 0 Å². The molecular weight excluding hydrogens is 232 g/mol. The normalized spacial score (nSPS) is 11.6. The molecule has 0 spiro atoms. The fraction of sp³-hybridized carbons (Fsp3) is 0.235. The first kappa shape index (κ1) is 13.2. The Bertz CT molecular complexity index is 596. The van der Waals surface area contributed by atoms with Crippen LogP contribution in [0.2, 0.25) is 0 Å². The number of aryl methyl sites for hydroxylation is 1. The van der Waals surface area contributed by atoms with E-state index in [2.05, 4.69) is 49.5 Å². The van der Waals surface area contributed by atoms with E-state index in [1.807, 2.05) is 24.3 Å². The zero-order chi connectivity index (χ0) is 13.7. The van der Waals surface area contributed by atoms with Gasteiger partial charge in [0.2, 0.25) is 0 Å². The molecule has 1 N–H and O–H groups in total. The fourth-order valence-corrected chi connectivity index (χ4v) is 2.09. The molecule has 0 amide bonds. The van der Waals surface area contributed by atoms with E-state index in [4.69, 9.17) is 5.26 Å². The van der Waals surface area contributed by atoms with E-state index >= 15 is 0 Å². The minimum atomic E-state index is 0.181. The Morgan fingerprint density at radius 3 is 2.68 bits per heavy atom. The molecule has 0 heterocycles. The smallest absolute Gasteiger partial charge is 0.0991 e. The van der Waals surface area contributed by atoms with Crippen LogP contribution in [0.1, 0.15) is 36.6 Å². The molecular formula is C17H18N2. The third kappa shape index (κ3) is 3.35. The monoisotopic (exact) mass is 250 g/mol. The lowest BCUT2D eigenvalue weighted by atomic mass is 10.0. The molecule has 0 aliphatic carbocycles. The summed E-state index contributed by atoms with van der Waals surface area (Å²) >= 11 is 0.